The van der Waals surface area contributed by atoms with Gasteiger partial charge in [-0.3, -0.25) is 9.59 Å². The van der Waals surface area contributed by atoms with E-state index in [9.17, 15) is 9.59 Å². The van der Waals surface area contributed by atoms with E-state index in [2.05, 4.69) is 10.6 Å². The van der Waals surface area contributed by atoms with Crippen molar-refractivity contribution in [1.29, 1.82) is 0 Å². The molecule has 5 heteroatoms. The number of amides is 2. The Kier molecular flexibility index (Phi) is 6.63. The van der Waals surface area contributed by atoms with Crippen LogP contribution in [-0.4, -0.2) is 18.4 Å². The lowest BCUT2D eigenvalue weighted by Crippen LogP contribution is -2.36. The fourth-order valence-corrected chi connectivity index (χ4v) is 2.93. The van der Waals surface area contributed by atoms with Crippen LogP contribution in [0.1, 0.15) is 40.1 Å². The molecule has 5 nitrogen and oxygen atoms in total. The van der Waals surface area contributed by atoms with E-state index in [0.29, 0.717) is 17.9 Å². The highest BCUT2D eigenvalue weighted by atomic mass is 16.3. The highest BCUT2D eigenvalue weighted by molar-refractivity contribution is 6.05. The van der Waals surface area contributed by atoms with Gasteiger partial charge in [-0.15, -0.1) is 0 Å². The summed E-state index contributed by atoms with van der Waals surface area (Å²) in [6.45, 7) is 4.34. The van der Waals surface area contributed by atoms with Crippen molar-refractivity contribution in [3.05, 3.63) is 101 Å². The summed E-state index contributed by atoms with van der Waals surface area (Å²) >= 11 is 0. The summed E-state index contributed by atoms with van der Waals surface area (Å²) in [5.74, 6) is -0.0910. The number of rotatable bonds is 7. The molecule has 2 amide bonds. The summed E-state index contributed by atoms with van der Waals surface area (Å²) in [5.41, 5.74) is 2.62. The molecule has 1 aromatic heterocycles. The molecular formula is C24H24N2O3. The van der Waals surface area contributed by atoms with Crippen LogP contribution in [0.15, 0.2) is 83.1 Å². The molecule has 3 rings (SSSR count). The van der Waals surface area contributed by atoms with Crippen molar-refractivity contribution < 1.29 is 14.0 Å². The number of benzene rings is 2. The minimum atomic E-state index is -0.369. The third-order valence-corrected chi connectivity index (χ3v) is 4.65. The zero-order valence-electron chi connectivity index (χ0n) is 16.5. The molecule has 0 aliphatic rings. The van der Waals surface area contributed by atoms with Gasteiger partial charge >= 0.3 is 0 Å². The highest BCUT2D eigenvalue weighted by Crippen LogP contribution is 2.14. The Labute approximate surface area is 170 Å². The van der Waals surface area contributed by atoms with Crippen molar-refractivity contribution in [1.82, 2.24) is 10.6 Å². The first-order valence-electron chi connectivity index (χ1n) is 9.50. The molecular weight excluding hydrogens is 364 g/mol. The maximum Gasteiger partial charge on any atom is 0.267 e. The van der Waals surface area contributed by atoms with Crippen LogP contribution in [0.5, 0.6) is 0 Å². The molecule has 2 N–H and O–H groups in total. The van der Waals surface area contributed by atoms with E-state index < -0.39 is 0 Å². The van der Waals surface area contributed by atoms with Crippen LogP contribution in [0.2, 0.25) is 0 Å². The maximum atomic E-state index is 12.8. The molecule has 1 heterocycles. The highest BCUT2D eigenvalue weighted by Gasteiger charge is 2.17. The number of furan rings is 1. The molecule has 0 radical (unpaired) electrons. The van der Waals surface area contributed by atoms with Crippen LogP contribution < -0.4 is 10.6 Å². The third-order valence-electron chi connectivity index (χ3n) is 4.65. The predicted molar refractivity (Wildman–Crippen MR) is 113 cm³/mol. The minimum absolute atomic E-state index is 0.133. The van der Waals surface area contributed by atoms with Crippen LogP contribution in [0.3, 0.4) is 0 Å². The molecule has 3 aromatic rings. The summed E-state index contributed by atoms with van der Waals surface area (Å²) in [5, 5.41) is 5.63. The van der Waals surface area contributed by atoms with Crippen LogP contribution in [0.25, 0.3) is 6.08 Å². The van der Waals surface area contributed by atoms with Gasteiger partial charge in [0.2, 0.25) is 0 Å². The Morgan fingerprint density at radius 3 is 2.41 bits per heavy atom. The third kappa shape index (κ3) is 5.45. The molecule has 148 valence electrons. The van der Waals surface area contributed by atoms with Crippen molar-refractivity contribution in [2.75, 3.05) is 6.54 Å². The topological polar surface area (TPSA) is 71.3 Å². The zero-order chi connectivity index (χ0) is 20.6. The molecule has 0 bridgehead atoms. The van der Waals surface area contributed by atoms with Gasteiger partial charge in [0.05, 0.1) is 6.26 Å². The van der Waals surface area contributed by atoms with Crippen molar-refractivity contribution in [3.8, 4) is 0 Å². The fourth-order valence-electron chi connectivity index (χ4n) is 2.93. The number of nitrogens with one attached hydrogen (secondary N) is 2. The molecule has 0 saturated heterocycles. The van der Waals surface area contributed by atoms with Gasteiger partial charge in [0.15, 0.2) is 0 Å². The molecule has 0 aliphatic heterocycles. The molecule has 1 atom stereocenters. The lowest BCUT2D eigenvalue weighted by molar-refractivity contribution is -0.117. The first-order valence-corrected chi connectivity index (χ1v) is 9.50. The van der Waals surface area contributed by atoms with Crippen molar-refractivity contribution in [3.63, 3.8) is 0 Å². The van der Waals surface area contributed by atoms with Crippen LogP contribution in [0.4, 0.5) is 0 Å². The Balaban J connectivity index is 1.74. The minimum Gasteiger partial charge on any atom is -0.465 e. The van der Waals surface area contributed by atoms with E-state index in [1.807, 2.05) is 56.3 Å². The smallest absolute Gasteiger partial charge is 0.267 e. The van der Waals surface area contributed by atoms with Gasteiger partial charge in [-0.1, -0.05) is 55.5 Å². The molecule has 0 unspecified atom stereocenters. The van der Waals surface area contributed by atoms with E-state index in [4.69, 9.17) is 4.42 Å². The Bertz CT molecular complexity index is 992. The number of carbonyl (C=O) groups excluding carboxylic acids is 2. The molecule has 0 saturated carbocycles. The number of hydrogen-bond acceptors (Lipinski definition) is 3. The van der Waals surface area contributed by atoms with Gasteiger partial charge < -0.3 is 15.1 Å². The van der Waals surface area contributed by atoms with E-state index in [-0.39, 0.29) is 23.4 Å². The van der Waals surface area contributed by atoms with Gasteiger partial charge in [0.1, 0.15) is 11.5 Å². The number of hydrogen-bond donors (Lipinski definition) is 2. The van der Waals surface area contributed by atoms with Gasteiger partial charge in [0, 0.05) is 18.2 Å². The summed E-state index contributed by atoms with van der Waals surface area (Å²) in [7, 11) is 0. The van der Waals surface area contributed by atoms with Crippen molar-refractivity contribution in [2.45, 2.75) is 19.8 Å². The second-order valence-corrected chi connectivity index (χ2v) is 6.86. The second kappa shape index (κ2) is 9.55. The predicted octanol–water partition coefficient (Wildman–Crippen LogP) is 4.28. The first kappa shape index (κ1) is 20.1. The van der Waals surface area contributed by atoms with E-state index in [1.54, 1.807) is 24.3 Å². The van der Waals surface area contributed by atoms with Gasteiger partial charge in [-0.2, -0.15) is 0 Å². The van der Waals surface area contributed by atoms with E-state index >= 15 is 0 Å². The van der Waals surface area contributed by atoms with Gasteiger partial charge in [-0.25, -0.2) is 0 Å². The van der Waals surface area contributed by atoms with Crippen LogP contribution in [-0.2, 0) is 4.79 Å². The van der Waals surface area contributed by atoms with E-state index in [1.165, 1.54) is 12.3 Å². The number of aryl methyl sites for hydroxylation is 1. The zero-order valence-corrected chi connectivity index (χ0v) is 16.5. The maximum absolute atomic E-state index is 12.8. The quantitative estimate of drug-likeness (QED) is 0.594. The molecule has 29 heavy (non-hydrogen) atoms. The Morgan fingerprint density at radius 2 is 1.72 bits per heavy atom. The largest absolute Gasteiger partial charge is 0.465 e. The average Bonchev–Trinajstić information content (AvgIpc) is 3.25. The molecule has 0 spiro atoms. The SMILES string of the molecule is Cc1ccccc1C(=O)N/C(=C\c1ccco1)C(=O)NC[C@@H](C)c1ccccc1. The number of carbonyl (C=O) groups is 2. The Hall–Kier alpha value is -3.60. The first-order chi connectivity index (χ1) is 14.0. The lowest BCUT2D eigenvalue weighted by atomic mass is 10.0. The summed E-state index contributed by atoms with van der Waals surface area (Å²) in [6, 6.07) is 20.6. The summed E-state index contributed by atoms with van der Waals surface area (Å²) in [6.07, 6.45) is 3.04. The lowest BCUT2D eigenvalue weighted by Gasteiger charge is -2.15. The standard InChI is InChI=1S/C24H24N2O3/c1-17-9-6-7-13-21(17)23(27)26-22(15-20-12-8-14-29-20)24(28)25-16-18(2)19-10-4-3-5-11-19/h3-15,18H,16H2,1-2H3,(H,25,28)(H,26,27)/b22-15-/t18-/m1/s1. The second-order valence-electron chi connectivity index (χ2n) is 6.86. The van der Waals surface area contributed by atoms with Crippen LogP contribution in [0, 0.1) is 6.92 Å². The Morgan fingerprint density at radius 1 is 1.00 bits per heavy atom. The normalized spacial score (nSPS) is 12.3. The molecule has 0 aliphatic carbocycles. The molecule has 0 fully saturated rings. The van der Waals surface area contributed by atoms with Crippen LogP contribution >= 0.6 is 0 Å². The summed E-state index contributed by atoms with van der Waals surface area (Å²) < 4.78 is 5.31. The van der Waals surface area contributed by atoms with Crippen molar-refractivity contribution in [2.24, 2.45) is 0 Å². The monoisotopic (exact) mass is 388 g/mol. The summed E-state index contributed by atoms with van der Waals surface area (Å²) in [4.78, 5) is 25.5. The molecule has 2 aromatic carbocycles. The van der Waals surface area contributed by atoms with Crippen molar-refractivity contribution >= 4 is 17.9 Å². The fraction of sp³-hybridized carbons (Fsp3) is 0.167. The van der Waals surface area contributed by atoms with Gasteiger partial charge in [-0.05, 0) is 42.2 Å². The van der Waals surface area contributed by atoms with E-state index in [0.717, 1.165) is 11.1 Å². The average molecular weight is 388 g/mol. The van der Waals surface area contributed by atoms with Gasteiger partial charge in [0.25, 0.3) is 11.8 Å².